The van der Waals surface area contributed by atoms with E-state index in [1.54, 1.807) is 12.3 Å². The molecule has 0 radical (unpaired) electrons. The standard InChI is InChI=1S/C15H16N2O/c1-3-11-5-4-6-12(7-11)13-8-14(16)15(10(2)18)17-9-13/h4-9H,3,16H2,1-2H3. The van der Waals surface area contributed by atoms with Crippen LogP contribution in [0.25, 0.3) is 11.1 Å². The summed E-state index contributed by atoms with van der Waals surface area (Å²) in [5, 5.41) is 0. The molecule has 0 aliphatic heterocycles. The van der Waals surface area contributed by atoms with Crippen LogP contribution in [0.2, 0.25) is 0 Å². The molecule has 1 aromatic heterocycles. The van der Waals surface area contributed by atoms with E-state index in [9.17, 15) is 4.79 Å². The molecule has 0 saturated carbocycles. The van der Waals surface area contributed by atoms with Crippen LogP contribution in [-0.4, -0.2) is 10.8 Å². The van der Waals surface area contributed by atoms with Crippen molar-refractivity contribution in [1.29, 1.82) is 0 Å². The highest BCUT2D eigenvalue weighted by atomic mass is 16.1. The summed E-state index contributed by atoms with van der Waals surface area (Å²) < 4.78 is 0. The van der Waals surface area contributed by atoms with Crippen molar-refractivity contribution in [3.8, 4) is 11.1 Å². The number of benzene rings is 1. The molecule has 0 unspecified atom stereocenters. The minimum atomic E-state index is -0.110. The Morgan fingerprint density at radius 1 is 1.28 bits per heavy atom. The summed E-state index contributed by atoms with van der Waals surface area (Å²) in [6.07, 6.45) is 2.68. The van der Waals surface area contributed by atoms with E-state index in [-0.39, 0.29) is 5.78 Å². The Morgan fingerprint density at radius 3 is 2.67 bits per heavy atom. The van der Waals surface area contributed by atoms with E-state index in [4.69, 9.17) is 5.73 Å². The SMILES string of the molecule is CCc1cccc(-c2cnc(C(C)=O)c(N)c2)c1. The molecule has 1 aromatic carbocycles. The van der Waals surface area contributed by atoms with E-state index in [1.165, 1.54) is 12.5 Å². The number of nitrogen functional groups attached to an aromatic ring is 1. The number of anilines is 1. The fourth-order valence-corrected chi connectivity index (χ4v) is 1.90. The summed E-state index contributed by atoms with van der Waals surface area (Å²) in [5.41, 5.74) is 9.89. The summed E-state index contributed by atoms with van der Waals surface area (Å²) in [6.45, 7) is 3.58. The first-order valence-electron chi connectivity index (χ1n) is 5.97. The number of nitrogens with two attached hydrogens (primary N) is 1. The number of pyridine rings is 1. The van der Waals surface area contributed by atoms with Crippen molar-refractivity contribution in [2.24, 2.45) is 0 Å². The molecule has 3 heteroatoms. The van der Waals surface area contributed by atoms with Crippen molar-refractivity contribution in [1.82, 2.24) is 4.98 Å². The number of hydrogen-bond donors (Lipinski definition) is 1. The molecule has 3 nitrogen and oxygen atoms in total. The molecule has 0 aliphatic rings. The van der Waals surface area contributed by atoms with Crippen LogP contribution in [0.3, 0.4) is 0 Å². The average molecular weight is 240 g/mol. The molecule has 0 amide bonds. The van der Waals surface area contributed by atoms with Gasteiger partial charge < -0.3 is 5.73 Å². The van der Waals surface area contributed by atoms with E-state index >= 15 is 0 Å². The molecule has 0 atom stereocenters. The maximum Gasteiger partial charge on any atom is 0.180 e. The first kappa shape index (κ1) is 12.3. The Labute approximate surface area is 107 Å². The van der Waals surface area contributed by atoms with Gasteiger partial charge in [0.05, 0.1) is 5.69 Å². The number of aryl methyl sites for hydroxylation is 1. The van der Waals surface area contributed by atoms with Crippen molar-refractivity contribution in [3.05, 3.63) is 47.8 Å². The lowest BCUT2D eigenvalue weighted by atomic mass is 10.0. The number of hydrogen-bond acceptors (Lipinski definition) is 3. The lowest BCUT2D eigenvalue weighted by molar-refractivity contribution is 0.101. The van der Waals surface area contributed by atoms with Crippen LogP contribution in [0.5, 0.6) is 0 Å². The first-order chi connectivity index (χ1) is 8.61. The van der Waals surface area contributed by atoms with Gasteiger partial charge in [-0.25, -0.2) is 0 Å². The third kappa shape index (κ3) is 2.40. The molecule has 0 fully saturated rings. The van der Waals surface area contributed by atoms with Crippen molar-refractivity contribution in [2.45, 2.75) is 20.3 Å². The first-order valence-corrected chi connectivity index (χ1v) is 5.97. The molecule has 2 aromatic rings. The van der Waals surface area contributed by atoms with Gasteiger partial charge in [-0.1, -0.05) is 31.2 Å². The topological polar surface area (TPSA) is 56.0 Å². The Hall–Kier alpha value is -2.16. The summed E-state index contributed by atoms with van der Waals surface area (Å²) in [7, 11) is 0. The molecule has 2 N–H and O–H groups in total. The van der Waals surface area contributed by atoms with E-state index in [0.717, 1.165) is 17.5 Å². The molecular formula is C15H16N2O. The van der Waals surface area contributed by atoms with Gasteiger partial charge in [0.1, 0.15) is 5.69 Å². The molecule has 0 bridgehead atoms. The predicted octanol–water partition coefficient (Wildman–Crippen LogP) is 3.10. The maximum absolute atomic E-state index is 11.3. The van der Waals surface area contributed by atoms with Crippen molar-refractivity contribution < 1.29 is 4.79 Å². The number of carbonyl (C=O) groups excluding carboxylic acids is 1. The number of aromatic nitrogens is 1. The van der Waals surface area contributed by atoms with E-state index < -0.39 is 0 Å². The Morgan fingerprint density at radius 2 is 2.06 bits per heavy atom. The fourth-order valence-electron chi connectivity index (χ4n) is 1.90. The van der Waals surface area contributed by atoms with E-state index in [1.807, 2.05) is 12.1 Å². The minimum Gasteiger partial charge on any atom is -0.397 e. The molecule has 0 aliphatic carbocycles. The maximum atomic E-state index is 11.3. The highest BCUT2D eigenvalue weighted by Gasteiger charge is 2.08. The zero-order chi connectivity index (χ0) is 13.1. The molecule has 18 heavy (non-hydrogen) atoms. The lowest BCUT2D eigenvalue weighted by Gasteiger charge is -2.07. The zero-order valence-electron chi connectivity index (χ0n) is 10.6. The molecule has 1 heterocycles. The van der Waals surface area contributed by atoms with Crippen LogP contribution in [0.1, 0.15) is 29.9 Å². The molecular weight excluding hydrogens is 224 g/mol. The number of Topliss-reactive ketones (excluding diaryl/α,β-unsaturated/α-hetero) is 1. The van der Waals surface area contributed by atoms with Gasteiger partial charge in [0.15, 0.2) is 5.78 Å². The van der Waals surface area contributed by atoms with Crippen molar-refractivity contribution >= 4 is 11.5 Å². The van der Waals surface area contributed by atoms with Gasteiger partial charge in [-0.15, -0.1) is 0 Å². The number of nitrogens with zero attached hydrogens (tertiary/aromatic N) is 1. The Kier molecular flexibility index (Phi) is 3.42. The second-order valence-electron chi connectivity index (χ2n) is 4.27. The van der Waals surface area contributed by atoms with Crippen LogP contribution in [-0.2, 0) is 6.42 Å². The third-order valence-electron chi connectivity index (χ3n) is 2.92. The van der Waals surface area contributed by atoms with Gasteiger partial charge in [-0.3, -0.25) is 9.78 Å². The van der Waals surface area contributed by atoms with Crippen LogP contribution < -0.4 is 5.73 Å². The smallest absolute Gasteiger partial charge is 0.180 e. The third-order valence-corrected chi connectivity index (χ3v) is 2.92. The van der Waals surface area contributed by atoms with Crippen molar-refractivity contribution in [3.63, 3.8) is 0 Å². The van der Waals surface area contributed by atoms with Gasteiger partial charge in [-0.2, -0.15) is 0 Å². The largest absolute Gasteiger partial charge is 0.397 e. The summed E-state index contributed by atoms with van der Waals surface area (Å²) in [6, 6.07) is 10.0. The zero-order valence-corrected chi connectivity index (χ0v) is 10.6. The summed E-state index contributed by atoms with van der Waals surface area (Å²) >= 11 is 0. The summed E-state index contributed by atoms with van der Waals surface area (Å²) in [5.74, 6) is -0.110. The molecule has 92 valence electrons. The van der Waals surface area contributed by atoms with Gasteiger partial charge in [0.25, 0.3) is 0 Å². The average Bonchev–Trinajstić information content (AvgIpc) is 2.38. The monoisotopic (exact) mass is 240 g/mol. The Bertz CT molecular complexity index is 591. The van der Waals surface area contributed by atoms with E-state index in [0.29, 0.717) is 11.4 Å². The van der Waals surface area contributed by atoms with E-state index in [2.05, 4.69) is 24.0 Å². The lowest BCUT2D eigenvalue weighted by Crippen LogP contribution is -2.03. The van der Waals surface area contributed by atoms with Crippen LogP contribution in [0.4, 0.5) is 5.69 Å². The molecule has 2 rings (SSSR count). The second kappa shape index (κ2) is 5.00. The highest BCUT2D eigenvalue weighted by molar-refractivity contribution is 5.97. The van der Waals surface area contributed by atoms with Gasteiger partial charge in [-0.05, 0) is 23.6 Å². The quantitative estimate of drug-likeness (QED) is 0.839. The van der Waals surface area contributed by atoms with Crippen LogP contribution in [0, 0.1) is 0 Å². The van der Waals surface area contributed by atoms with Gasteiger partial charge in [0, 0.05) is 18.7 Å². The minimum absolute atomic E-state index is 0.110. The molecule has 0 spiro atoms. The number of ketones is 1. The summed E-state index contributed by atoms with van der Waals surface area (Å²) in [4.78, 5) is 15.4. The molecule has 0 saturated heterocycles. The Balaban J connectivity index is 2.45. The number of rotatable bonds is 3. The highest BCUT2D eigenvalue weighted by Crippen LogP contribution is 2.23. The van der Waals surface area contributed by atoms with Gasteiger partial charge in [0.2, 0.25) is 0 Å². The predicted molar refractivity (Wildman–Crippen MR) is 73.5 cm³/mol. The van der Waals surface area contributed by atoms with Gasteiger partial charge >= 0.3 is 0 Å². The fraction of sp³-hybridized carbons (Fsp3) is 0.200. The van der Waals surface area contributed by atoms with Crippen molar-refractivity contribution in [2.75, 3.05) is 5.73 Å². The second-order valence-corrected chi connectivity index (χ2v) is 4.27. The normalized spacial score (nSPS) is 10.3. The van der Waals surface area contributed by atoms with Crippen LogP contribution >= 0.6 is 0 Å². The van der Waals surface area contributed by atoms with Crippen LogP contribution in [0.15, 0.2) is 36.5 Å². The number of carbonyl (C=O) groups is 1.